The molecule has 90 valence electrons. The molecule has 3 N–H and O–H groups in total. The molecular weight excluding hydrogens is 204 g/mol. The third-order valence-corrected chi connectivity index (χ3v) is 2.57. The number of carbonyl (C=O) groups excluding carboxylic acids is 1. The van der Waals surface area contributed by atoms with Crippen LogP contribution in [0.1, 0.15) is 30.3 Å². The lowest BCUT2D eigenvalue weighted by atomic mass is 10.2. The molecule has 0 aromatic carbocycles. The van der Waals surface area contributed by atoms with Crippen LogP contribution in [-0.2, 0) is 17.9 Å². The van der Waals surface area contributed by atoms with Gasteiger partial charge in [0.05, 0.1) is 5.69 Å². The molecule has 1 heterocycles. The van der Waals surface area contributed by atoms with Gasteiger partial charge in [-0.3, -0.25) is 9.48 Å². The molecule has 1 rings (SSSR count). The summed E-state index contributed by atoms with van der Waals surface area (Å²) < 4.78 is 1.67. The van der Waals surface area contributed by atoms with E-state index in [-0.39, 0.29) is 12.5 Å². The Morgan fingerprint density at radius 1 is 1.50 bits per heavy atom. The van der Waals surface area contributed by atoms with E-state index in [1.807, 2.05) is 13.8 Å². The van der Waals surface area contributed by atoms with Gasteiger partial charge in [0, 0.05) is 17.8 Å². The Balaban J connectivity index is 2.76. The van der Waals surface area contributed by atoms with Crippen molar-refractivity contribution in [3.63, 3.8) is 0 Å². The van der Waals surface area contributed by atoms with Crippen molar-refractivity contribution in [1.29, 1.82) is 0 Å². The minimum absolute atomic E-state index is 0.153. The van der Waals surface area contributed by atoms with E-state index in [1.54, 1.807) is 4.68 Å². The monoisotopic (exact) mass is 224 g/mol. The van der Waals surface area contributed by atoms with E-state index in [0.717, 1.165) is 36.5 Å². The van der Waals surface area contributed by atoms with Crippen molar-refractivity contribution in [3.8, 4) is 0 Å². The first-order chi connectivity index (χ1) is 7.56. The normalized spacial score (nSPS) is 10.7. The van der Waals surface area contributed by atoms with Crippen LogP contribution in [0.4, 0.5) is 0 Å². The number of aromatic nitrogens is 2. The zero-order chi connectivity index (χ0) is 12.1. The highest BCUT2D eigenvalue weighted by molar-refractivity contribution is 5.73. The van der Waals surface area contributed by atoms with Crippen LogP contribution in [-0.4, -0.2) is 22.2 Å². The molecule has 1 aromatic heterocycles. The van der Waals surface area contributed by atoms with Crippen molar-refractivity contribution in [2.75, 3.05) is 6.54 Å². The lowest BCUT2D eigenvalue weighted by Crippen LogP contribution is -2.20. The maximum Gasteiger partial charge on any atom is 0.239 e. The lowest BCUT2D eigenvalue weighted by molar-refractivity contribution is -0.118. The quantitative estimate of drug-likeness (QED) is 0.690. The van der Waals surface area contributed by atoms with Gasteiger partial charge in [0.1, 0.15) is 6.54 Å². The predicted octanol–water partition coefficient (Wildman–Crippen LogP) is 0.485. The van der Waals surface area contributed by atoms with Crippen LogP contribution in [0.2, 0.25) is 0 Å². The number of aryl methyl sites for hydroxylation is 1. The second-order valence-corrected chi connectivity index (χ2v) is 3.95. The Morgan fingerprint density at radius 2 is 2.19 bits per heavy atom. The van der Waals surface area contributed by atoms with Crippen molar-refractivity contribution in [2.24, 2.45) is 5.73 Å². The molecule has 0 bridgehead atoms. The fourth-order valence-corrected chi connectivity index (χ4v) is 1.68. The van der Waals surface area contributed by atoms with Crippen molar-refractivity contribution in [3.05, 3.63) is 17.0 Å². The van der Waals surface area contributed by atoms with Gasteiger partial charge < -0.3 is 11.1 Å². The topological polar surface area (TPSA) is 72.9 Å². The Labute approximate surface area is 96.0 Å². The maximum absolute atomic E-state index is 10.8. The summed E-state index contributed by atoms with van der Waals surface area (Å²) in [5.74, 6) is -0.362. The number of rotatable bonds is 6. The van der Waals surface area contributed by atoms with E-state index in [0.29, 0.717) is 0 Å². The minimum atomic E-state index is -0.362. The molecule has 0 aliphatic heterocycles. The number of hydrogen-bond acceptors (Lipinski definition) is 3. The highest BCUT2D eigenvalue weighted by atomic mass is 16.1. The van der Waals surface area contributed by atoms with Crippen LogP contribution >= 0.6 is 0 Å². The molecule has 0 saturated carbocycles. The Morgan fingerprint density at radius 3 is 2.75 bits per heavy atom. The third-order valence-electron chi connectivity index (χ3n) is 2.57. The SMILES string of the molecule is CCCNCc1c(C)nn(CC(N)=O)c1C. The van der Waals surface area contributed by atoms with Gasteiger partial charge in [-0.15, -0.1) is 0 Å². The average molecular weight is 224 g/mol. The van der Waals surface area contributed by atoms with Crippen molar-refractivity contribution in [1.82, 2.24) is 15.1 Å². The molecule has 0 unspecified atom stereocenters. The summed E-state index contributed by atoms with van der Waals surface area (Å²) >= 11 is 0. The third kappa shape index (κ3) is 3.06. The van der Waals surface area contributed by atoms with Gasteiger partial charge in [0.2, 0.25) is 5.91 Å². The Kier molecular flexibility index (Phi) is 4.49. The molecule has 0 atom stereocenters. The summed E-state index contributed by atoms with van der Waals surface area (Å²) in [6, 6.07) is 0. The highest BCUT2D eigenvalue weighted by Gasteiger charge is 2.11. The molecule has 0 aliphatic rings. The molecule has 1 amide bonds. The van der Waals surface area contributed by atoms with Crippen LogP contribution in [0.25, 0.3) is 0 Å². The molecule has 0 radical (unpaired) electrons. The number of carbonyl (C=O) groups is 1. The summed E-state index contributed by atoms with van der Waals surface area (Å²) in [7, 11) is 0. The van der Waals surface area contributed by atoms with Gasteiger partial charge in [0.25, 0.3) is 0 Å². The first-order valence-corrected chi connectivity index (χ1v) is 5.58. The number of primary amides is 1. The van der Waals surface area contributed by atoms with Gasteiger partial charge in [-0.2, -0.15) is 5.10 Å². The molecule has 16 heavy (non-hydrogen) atoms. The van der Waals surface area contributed by atoms with E-state index < -0.39 is 0 Å². The molecular formula is C11H20N4O. The largest absolute Gasteiger partial charge is 0.368 e. The smallest absolute Gasteiger partial charge is 0.239 e. The fourth-order valence-electron chi connectivity index (χ4n) is 1.68. The standard InChI is InChI=1S/C11H20N4O/c1-4-5-13-6-10-8(2)14-15(9(10)3)7-11(12)16/h13H,4-7H2,1-3H3,(H2,12,16). The van der Waals surface area contributed by atoms with Crippen LogP contribution < -0.4 is 11.1 Å². The maximum atomic E-state index is 10.8. The predicted molar refractivity (Wildman–Crippen MR) is 62.9 cm³/mol. The fraction of sp³-hybridized carbons (Fsp3) is 0.636. The van der Waals surface area contributed by atoms with Crippen LogP contribution in [0.15, 0.2) is 0 Å². The number of nitrogens with two attached hydrogens (primary N) is 1. The first-order valence-electron chi connectivity index (χ1n) is 5.58. The summed E-state index contributed by atoms with van der Waals surface area (Å²) in [5.41, 5.74) is 8.30. The van der Waals surface area contributed by atoms with Crippen LogP contribution in [0.5, 0.6) is 0 Å². The van der Waals surface area contributed by atoms with Crippen molar-refractivity contribution < 1.29 is 4.79 Å². The number of amides is 1. The number of nitrogens with zero attached hydrogens (tertiary/aromatic N) is 2. The summed E-state index contributed by atoms with van der Waals surface area (Å²) in [5, 5.41) is 7.64. The second-order valence-electron chi connectivity index (χ2n) is 3.95. The zero-order valence-corrected chi connectivity index (χ0v) is 10.2. The van der Waals surface area contributed by atoms with Gasteiger partial charge in [-0.25, -0.2) is 0 Å². The molecule has 5 heteroatoms. The van der Waals surface area contributed by atoms with Crippen LogP contribution in [0.3, 0.4) is 0 Å². The second kappa shape index (κ2) is 5.65. The van der Waals surface area contributed by atoms with E-state index in [4.69, 9.17) is 5.73 Å². The van der Waals surface area contributed by atoms with Crippen molar-refractivity contribution >= 4 is 5.91 Å². The molecule has 0 saturated heterocycles. The van der Waals surface area contributed by atoms with Gasteiger partial charge in [0.15, 0.2) is 0 Å². The summed E-state index contributed by atoms with van der Waals surface area (Å²) in [6.45, 7) is 7.98. The van der Waals surface area contributed by atoms with Gasteiger partial charge in [-0.1, -0.05) is 6.92 Å². The molecule has 0 fully saturated rings. The van der Waals surface area contributed by atoms with Crippen LogP contribution in [0, 0.1) is 13.8 Å². The van der Waals surface area contributed by atoms with E-state index in [9.17, 15) is 4.79 Å². The highest BCUT2D eigenvalue weighted by Crippen LogP contribution is 2.12. The number of hydrogen-bond donors (Lipinski definition) is 2. The van der Waals surface area contributed by atoms with Crippen molar-refractivity contribution in [2.45, 2.75) is 40.3 Å². The summed E-state index contributed by atoms with van der Waals surface area (Å²) in [6.07, 6.45) is 1.10. The Hall–Kier alpha value is -1.36. The molecule has 1 aromatic rings. The van der Waals surface area contributed by atoms with Gasteiger partial charge >= 0.3 is 0 Å². The minimum Gasteiger partial charge on any atom is -0.368 e. The summed E-state index contributed by atoms with van der Waals surface area (Å²) in [4.78, 5) is 10.8. The van der Waals surface area contributed by atoms with Gasteiger partial charge in [-0.05, 0) is 26.8 Å². The zero-order valence-electron chi connectivity index (χ0n) is 10.2. The van der Waals surface area contributed by atoms with E-state index in [2.05, 4.69) is 17.3 Å². The first kappa shape index (κ1) is 12.7. The molecule has 0 spiro atoms. The van der Waals surface area contributed by atoms with E-state index in [1.165, 1.54) is 0 Å². The molecule has 0 aliphatic carbocycles. The lowest BCUT2D eigenvalue weighted by Gasteiger charge is -2.04. The number of nitrogens with one attached hydrogen (secondary N) is 1. The molecule has 5 nitrogen and oxygen atoms in total. The Bertz CT molecular complexity index is 370. The average Bonchev–Trinajstić information content (AvgIpc) is 2.45. The van der Waals surface area contributed by atoms with E-state index >= 15 is 0 Å².